The van der Waals surface area contributed by atoms with Gasteiger partial charge in [0.25, 0.3) is 0 Å². The Kier molecular flexibility index (Phi) is 2.49. The molecule has 0 aliphatic rings. The molecule has 3 aromatic carbocycles. The Balaban J connectivity index is 2.36. The highest BCUT2D eigenvalue weighted by Gasteiger charge is 2.04. The number of hydrogen-bond donors (Lipinski definition) is 1. The van der Waals surface area contributed by atoms with Crippen LogP contribution in [0.25, 0.3) is 21.5 Å². The van der Waals surface area contributed by atoms with Crippen LogP contribution in [-0.4, -0.2) is 5.91 Å². The summed E-state index contributed by atoms with van der Waals surface area (Å²) in [6, 6.07) is 18.4. The minimum absolute atomic E-state index is 0.0457. The Morgan fingerprint density at radius 3 is 2.44 bits per heavy atom. The van der Waals surface area contributed by atoms with Gasteiger partial charge in [-0.1, -0.05) is 48.5 Å². The molecule has 0 aliphatic carbocycles. The van der Waals surface area contributed by atoms with Gasteiger partial charge in [0.15, 0.2) is 0 Å². The first-order valence-corrected chi connectivity index (χ1v) is 5.94. The molecule has 0 aromatic heterocycles. The number of benzene rings is 3. The van der Waals surface area contributed by atoms with Gasteiger partial charge in [-0.05, 0) is 22.2 Å². The van der Waals surface area contributed by atoms with E-state index in [-0.39, 0.29) is 5.91 Å². The first kappa shape index (κ1) is 10.8. The molecule has 0 atom stereocenters. The molecular formula is C16H13NO. The van der Waals surface area contributed by atoms with Crippen molar-refractivity contribution in [3.05, 3.63) is 54.6 Å². The van der Waals surface area contributed by atoms with E-state index < -0.39 is 0 Å². The van der Waals surface area contributed by atoms with E-state index in [2.05, 4.69) is 35.6 Å². The summed E-state index contributed by atoms with van der Waals surface area (Å²) < 4.78 is 0. The van der Waals surface area contributed by atoms with E-state index in [0.717, 1.165) is 11.1 Å². The second-order valence-corrected chi connectivity index (χ2v) is 4.37. The lowest BCUT2D eigenvalue weighted by Crippen LogP contribution is -2.05. The third kappa shape index (κ3) is 1.72. The van der Waals surface area contributed by atoms with Crippen molar-refractivity contribution in [2.45, 2.75) is 6.92 Å². The molecule has 3 aromatic rings. The van der Waals surface area contributed by atoms with Crippen LogP contribution in [0, 0.1) is 0 Å². The third-order valence-corrected chi connectivity index (χ3v) is 3.10. The minimum atomic E-state index is -0.0457. The molecular weight excluding hydrogens is 222 g/mol. The molecule has 2 heteroatoms. The number of carbonyl (C=O) groups excluding carboxylic acids is 1. The monoisotopic (exact) mass is 235 g/mol. The van der Waals surface area contributed by atoms with Crippen LogP contribution in [0.15, 0.2) is 54.6 Å². The maximum absolute atomic E-state index is 11.2. The van der Waals surface area contributed by atoms with E-state index in [4.69, 9.17) is 0 Å². The molecule has 0 fully saturated rings. The summed E-state index contributed by atoms with van der Waals surface area (Å²) in [4.78, 5) is 11.2. The predicted molar refractivity (Wildman–Crippen MR) is 75.8 cm³/mol. The van der Waals surface area contributed by atoms with E-state index in [0.29, 0.717) is 0 Å². The number of rotatable bonds is 1. The van der Waals surface area contributed by atoms with Crippen molar-refractivity contribution in [1.82, 2.24) is 0 Å². The van der Waals surface area contributed by atoms with Crippen molar-refractivity contribution in [2.75, 3.05) is 5.32 Å². The summed E-state index contributed by atoms with van der Waals surface area (Å²) in [5.41, 5.74) is 0.866. The third-order valence-electron chi connectivity index (χ3n) is 3.10. The van der Waals surface area contributed by atoms with Gasteiger partial charge in [-0.15, -0.1) is 0 Å². The van der Waals surface area contributed by atoms with Crippen LogP contribution in [0.2, 0.25) is 0 Å². The van der Waals surface area contributed by atoms with Crippen LogP contribution in [0.3, 0.4) is 0 Å². The van der Waals surface area contributed by atoms with Gasteiger partial charge in [-0.2, -0.15) is 0 Å². The summed E-state index contributed by atoms with van der Waals surface area (Å²) in [7, 11) is 0. The van der Waals surface area contributed by atoms with Crippen molar-refractivity contribution >= 4 is 33.1 Å². The van der Waals surface area contributed by atoms with Crippen LogP contribution in [0.5, 0.6) is 0 Å². The topological polar surface area (TPSA) is 29.1 Å². The average Bonchev–Trinajstić information content (AvgIpc) is 2.38. The van der Waals surface area contributed by atoms with Gasteiger partial charge in [0, 0.05) is 18.0 Å². The second kappa shape index (κ2) is 4.15. The molecule has 1 N–H and O–H groups in total. The fourth-order valence-electron chi connectivity index (χ4n) is 2.34. The first-order chi connectivity index (χ1) is 8.75. The fourth-order valence-corrected chi connectivity index (χ4v) is 2.34. The molecule has 0 unspecified atom stereocenters. The molecule has 0 saturated carbocycles. The quantitative estimate of drug-likeness (QED) is 0.636. The highest BCUT2D eigenvalue weighted by atomic mass is 16.1. The number of nitrogens with one attached hydrogen (secondary N) is 1. The molecule has 0 saturated heterocycles. The highest BCUT2D eigenvalue weighted by Crippen LogP contribution is 2.30. The van der Waals surface area contributed by atoms with Crippen LogP contribution >= 0.6 is 0 Å². The van der Waals surface area contributed by atoms with Crippen molar-refractivity contribution in [1.29, 1.82) is 0 Å². The number of carbonyl (C=O) groups is 1. The van der Waals surface area contributed by atoms with Crippen molar-refractivity contribution in [3.63, 3.8) is 0 Å². The van der Waals surface area contributed by atoms with Crippen molar-refractivity contribution in [2.24, 2.45) is 0 Å². The Labute approximate surface area is 105 Å². The summed E-state index contributed by atoms with van der Waals surface area (Å²) in [5, 5.41) is 7.54. The van der Waals surface area contributed by atoms with Gasteiger partial charge in [-0.3, -0.25) is 4.79 Å². The largest absolute Gasteiger partial charge is 0.326 e. The fraction of sp³-hybridized carbons (Fsp3) is 0.0625. The maximum Gasteiger partial charge on any atom is 0.221 e. The van der Waals surface area contributed by atoms with Crippen molar-refractivity contribution in [3.8, 4) is 0 Å². The molecule has 2 nitrogen and oxygen atoms in total. The van der Waals surface area contributed by atoms with E-state index in [9.17, 15) is 4.79 Å². The molecule has 0 bridgehead atoms. The lowest BCUT2D eigenvalue weighted by Gasteiger charge is -2.09. The van der Waals surface area contributed by atoms with E-state index in [1.807, 2.05) is 24.3 Å². The summed E-state index contributed by atoms with van der Waals surface area (Å²) in [6.45, 7) is 1.53. The van der Waals surface area contributed by atoms with Crippen LogP contribution < -0.4 is 5.32 Å². The Morgan fingerprint density at radius 1 is 0.833 bits per heavy atom. The smallest absolute Gasteiger partial charge is 0.221 e. The molecule has 0 aliphatic heterocycles. The Bertz CT molecular complexity index is 746. The zero-order valence-electron chi connectivity index (χ0n) is 10.1. The second-order valence-electron chi connectivity index (χ2n) is 4.37. The average molecular weight is 235 g/mol. The normalized spacial score (nSPS) is 10.7. The summed E-state index contributed by atoms with van der Waals surface area (Å²) in [5.74, 6) is -0.0457. The predicted octanol–water partition coefficient (Wildman–Crippen LogP) is 3.95. The number of hydrogen-bond acceptors (Lipinski definition) is 1. The molecule has 18 heavy (non-hydrogen) atoms. The van der Waals surface area contributed by atoms with Gasteiger partial charge in [-0.25, -0.2) is 0 Å². The van der Waals surface area contributed by atoms with Gasteiger partial charge < -0.3 is 5.32 Å². The molecule has 0 spiro atoms. The molecule has 0 radical (unpaired) electrons. The van der Waals surface area contributed by atoms with Crippen LogP contribution in [-0.2, 0) is 4.79 Å². The molecule has 3 rings (SSSR count). The first-order valence-electron chi connectivity index (χ1n) is 5.94. The zero-order chi connectivity index (χ0) is 12.5. The molecule has 88 valence electrons. The molecule has 1 amide bonds. The van der Waals surface area contributed by atoms with Gasteiger partial charge in [0.05, 0.1) is 0 Å². The lowest BCUT2D eigenvalue weighted by molar-refractivity contribution is -0.114. The van der Waals surface area contributed by atoms with E-state index in [1.165, 1.54) is 23.1 Å². The standard InChI is InChI=1S/C16H13NO/c1-11(18)17-16-8-4-7-14-13-6-3-2-5-12(13)9-10-15(14)16/h2-10H,1H3,(H,17,18). The minimum Gasteiger partial charge on any atom is -0.326 e. The summed E-state index contributed by atoms with van der Waals surface area (Å²) in [6.07, 6.45) is 0. The number of anilines is 1. The van der Waals surface area contributed by atoms with Crippen LogP contribution in [0.1, 0.15) is 6.92 Å². The maximum atomic E-state index is 11.2. The van der Waals surface area contributed by atoms with E-state index in [1.54, 1.807) is 0 Å². The van der Waals surface area contributed by atoms with E-state index >= 15 is 0 Å². The van der Waals surface area contributed by atoms with Crippen LogP contribution in [0.4, 0.5) is 5.69 Å². The Morgan fingerprint density at radius 2 is 1.61 bits per heavy atom. The number of amides is 1. The summed E-state index contributed by atoms with van der Waals surface area (Å²) >= 11 is 0. The Hall–Kier alpha value is -2.35. The zero-order valence-corrected chi connectivity index (χ0v) is 10.1. The molecule has 0 heterocycles. The van der Waals surface area contributed by atoms with Crippen molar-refractivity contribution < 1.29 is 4.79 Å². The van der Waals surface area contributed by atoms with Gasteiger partial charge >= 0.3 is 0 Å². The SMILES string of the molecule is CC(=O)Nc1cccc2c1ccc1ccccc12. The number of fused-ring (bicyclic) bond motifs is 3. The van der Waals surface area contributed by atoms with Gasteiger partial charge in [0.2, 0.25) is 5.91 Å². The lowest BCUT2D eigenvalue weighted by atomic mass is 10.0. The highest BCUT2D eigenvalue weighted by molar-refractivity contribution is 6.13. The van der Waals surface area contributed by atoms with Gasteiger partial charge in [0.1, 0.15) is 0 Å².